The topological polar surface area (TPSA) is 25.8 Å². The summed E-state index contributed by atoms with van der Waals surface area (Å²) in [6.45, 7) is 8.76. The zero-order valence-corrected chi connectivity index (χ0v) is 13.0. The Morgan fingerprint density at radius 2 is 2.00 bits per heavy atom. The molecule has 0 aromatic carbocycles. The van der Waals surface area contributed by atoms with E-state index in [-0.39, 0.29) is 5.41 Å². The van der Waals surface area contributed by atoms with Gasteiger partial charge in [0.2, 0.25) is 0 Å². The molecule has 0 aliphatic carbocycles. The normalized spacial score (nSPS) is 14.6. The third-order valence-corrected chi connectivity index (χ3v) is 4.13. The molecule has 0 radical (unpaired) electrons. The Hall–Kier alpha value is -0.440. The van der Waals surface area contributed by atoms with Crippen molar-refractivity contribution >= 4 is 15.9 Å². The van der Waals surface area contributed by atoms with E-state index < -0.39 is 0 Å². The van der Waals surface area contributed by atoms with Crippen LogP contribution in [-0.4, -0.2) is 9.97 Å². The second-order valence-corrected chi connectivity index (χ2v) is 5.84. The molecule has 1 rings (SSSR count). The van der Waals surface area contributed by atoms with Crippen molar-refractivity contribution in [3.63, 3.8) is 0 Å². The molecule has 0 N–H and O–H groups in total. The van der Waals surface area contributed by atoms with Crippen LogP contribution < -0.4 is 0 Å². The van der Waals surface area contributed by atoms with Crippen molar-refractivity contribution in [2.24, 2.45) is 0 Å². The van der Waals surface area contributed by atoms with Crippen LogP contribution in [0.4, 0.5) is 0 Å². The summed E-state index contributed by atoms with van der Waals surface area (Å²) in [4.78, 5) is 8.86. The molecule has 1 aromatic rings. The summed E-state index contributed by atoms with van der Waals surface area (Å²) in [5.74, 6) is 0.860. The van der Waals surface area contributed by atoms with Crippen LogP contribution in [-0.2, 0) is 5.41 Å². The van der Waals surface area contributed by atoms with Crippen LogP contribution in [0.15, 0.2) is 10.7 Å². The van der Waals surface area contributed by atoms with Gasteiger partial charge < -0.3 is 0 Å². The van der Waals surface area contributed by atoms with Gasteiger partial charge in [-0.1, -0.05) is 40.0 Å². The quantitative estimate of drug-likeness (QED) is 0.705. The summed E-state index contributed by atoms with van der Waals surface area (Å²) in [5.41, 5.74) is 1.34. The fraction of sp³-hybridized carbons (Fsp3) is 0.714. The first-order chi connectivity index (χ1) is 8.03. The van der Waals surface area contributed by atoms with E-state index in [4.69, 9.17) is 0 Å². The Morgan fingerprint density at radius 3 is 2.59 bits per heavy atom. The molecule has 17 heavy (non-hydrogen) atoms. The Kier molecular flexibility index (Phi) is 5.57. The minimum Gasteiger partial charge on any atom is -0.240 e. The van der Waals surface area contributed by atoms with E-state index >= 15 is 0 Å². The van der Waals surface area contributed by atoms with E-state index in [0.29, 0.717) is 0 Å². The zero-order valence-electron chi connectivity index (χ0n) is 11.4. The SMILES string of the molecule is CCCCCC(C)(CC)c1nc(C)ncc1Br. The van der Waals surface area contributed by atoms with Crippen molar-refractivity contribution in [3.8, 4) is 0 Å². The molecule has 2 nitrogen and oxygen atoms in total. The molecule has 1 heterocycles. The van der Waals surface area contributed by atoms with E-state index in [9.17, 15) is 0 Å². The van der Waals surface area contributed by atoms with Crippen LogP contribution in [0.5, 0.6) is 0 Å². The fourth-order valence-electron chi connectivity index (χ4n) is 2.11. The maximum Gasteiger partial charge on any atom is 0.125 e. The maximum absolute atomic E-state index is 4.64. The van der Waals surface area contributed by atoms with Crippen LogP contribution in [0, 0.1) is 6.92 Å². The minimum atomic E-state index is 0.168. The first kappa shape index (κ1) is 14.6. The molecule has 96 valence electrons. The number of halogens is 1. The predicted molar refractivity (Wildman–Crippen MR) is 76.3 cm³/mol. The first-order valence-electron chi connectivity index (χ1n) is 6.53. The van der Waals surface area contributed by atoms with Crippen LogP contribution in [0.25, 0.3) is 0 Å². The van der Waals surface area contributed by atoms with Gasteiger partial charge in [0.15, 0.2) is 0 Å². The molecule has 0 amide bonds. The van der Waals surface area contributed by atoms with Gasteiger partial charge in [-0.2, -0.15) is 0 Å². The molecule has 0 fully saturated rings. The molecule has 0 saturated heterocycles. The summed E-state index contributed by atoms with van der Waals surface area (Å²) < 4.78 is 1.05. The number of aromatic nitrogens is 2. The van der Waals surface area contributed by atoms with Crippen LogP contribution in [0.2, 0.25) is 0 Å². The lowest BCUT2D eigenvalue weighted by Gasteiger charge is -2.28. The molecule has 1 unspecified atom stereocenters. The molecule has 0 aliphatic rings. The molecule has 1 aromatic heterocycles. The molecular weight excluding hydrogens is 276 g/mol. The monoisotopic (exact) mass is 298 g/mol. The van der Waals surface area contributed by atoms with Gasteiger partial charge in [-0.25, -0.2) is 9.97 Å². The van der Waals surface area contributed by atoms with Crippen molar-refractivity contribution in [2.75, 3.05) is 0 Å². The highest BCUT2D eigenvalue weighted by Gasteiger charge is 2.28. The lowest BCUT2D eigenvalue weighted by atomic mass is 9.79. The lowest BCUT2D eigenvalue weighted by molar-refractivity contribution is 0.384. The second-order valence-electron chi connectivity index (χ2n) is 4.99. The Bertz CT molecular complexity index is 365. The van der Waals surface area contributed by atoms with Crippen LogP contribution in [0.1, 0.15) is 64.4 Å². The number of hydrogen-bond acceptors (Lipinski definition) is 2. The van der Waals surface area contributed by atoms with Crippen molar-refractivity contribution in [2.45, 2.75) is 65.2 Å². The standard InChI is InChI=1S/C14H23BrN2/c1-5-7-8-9-14(4,6-2)13-12(15)10-16-11(3)17-13/h10H,5-9H2,1-4H3. The molecule has 3 heteroatoms. The summed E-state index contributed by atoms with van der Waals surface area (Å²) in [6, 6.07) is 0. The molecule has 0 bridgehead atoms. The fourth-order valence-corrected chi connectivity index (χ4v) is 2.78. The largest absolute Gasteiger partial charge is 0.240 e. The molecule has 0 spiro atoms. The minimum absolute atomic E-state index is 0.168. The van der Waals surface area contributed by atoms with Gasteiger partial charge in [0, 0.05) is 11.6 Å². The predicted octanol–water partition coefficient (Wildman–Crippen LogP) is 4.80. The van der Waals surface area contributed by atoms with E-state index in [2.05, 4.69) is 46.7 Å². The summed E-state index contributed by atoms with van der Waals surface area (Å²) in [5, 5.41) is 0. The van der Waals surface area contributed by atoms with Gasteiger partial charge in [-0.05, 0) is 35.7 Å². The maximum atomic E-state index is 4.64. The third-order valence-electron chi connectivity index (χ3n) is 3.55. The number of hydrogen-bond donors (Lipinski definition) is 0. The third kappa shape index (κ3) is 3.77. The average molecular weight is 299 g/mol. The molecular formula is C14H23BrN2. The first-order valence-corrected chi connectivity index (χ1v) is 7.32. The number of aryl methyl sites for hydroxylation is 1. The summed E-state index contributed by atoms with van der Waals surface area (Å²) in [7, 11) is 0. The second kappa shape index (κ2) is 6.48. The van der Waals surface area contributed by atoms with Crippen LogP contribution in [0.3, 0.4) is 0 Å². The molecule has 0 aliphatic heterocycles. The highest BCUT2D eigenvalue weighted by Crippen LogP contribution is 2.35. The number of nitrogens with zero attached hydrogens (tertiary/aromatic N) is 2. The van der Waals surface area contributed by atoms with E-state index in [1.807, 2.05) is 13.1 Å². The van der Waals surface area contributed by atoms with Gasteiger partial charge in [0.1, 0.15) is 5.82 Å². The lowest BCUT2D eigenvalue weighted by Crippen LogP contribution is -2.23. The zero-order chi connectivity index (χ0) is 12.9. The average Bonchev–Trinajstić information content (AvgIpc) is 2.32. The van der Waals surface area contributed by atoms with Gasteiger partial charge in [0.25, 0.3) is 0 Å². The van der Waals surface area contributed by atoms with Gasteiger partial charge in [-0.3, -0.25) is 0 Å². The van der Waals surface area contributed by atoms with Crippen molar-refractivity contribution in [3.05, 3.63) is 22.2 Å². The Morgan fingerprint density at radius 1 is 1.29 bits per heavy atom. The van der Waals surface area contributed by atoms with E-state index in [0.717, 1.165) is 16.7 Å². The highest BCUT2D eigenvalue weighted by atomic mass is 79.9. The van der Waals surface area contributed by atoms with Crippen molar-refractivity contribution in [1.82, 2.24) is 9.97 Å². The van der Waals surface area contributed by atoms with E-state index in [1.165, 1.54) is 31.4 Å². The van der Waals surface area contributed by atoms with Gasteiger partial charge >= 0.3 is 0 Å². The van der Waals surface area contributed by atoms with E-state index in [1.54, 1.807) is 0 Å². The number of unbranched alkanes of at least 4 members (excludes halogenated alkanes) is 2. The van der Waals surface area contributed by atoms with Gasteiger partial charge in [0.05, 0.1) is 10.2 Å². The summed E-state index contributed by atoms with van der Waals surface area (Å²) >= 11 is 3.59. The molecule has 1 atom stereocenters. The Labute approximate surface area is 113 Å². The Balaban J connectivity index is 2.94. The number of rotatable bonds is 6. The molecule has 0 saturated carbocycles. The summed E-state index contributed by atoms with van der Waals surface area (Å²) in [6.07, 6.45) is 8.04. The van der Waals surface area contributed by atoms with Crippen molar-refractivity contribution in [1.29, 1.82) is 0 Å². The van der Waals surface area contributed by atoms with Gasteiger partial charge in [-0.15, -0.1) is 0 Å². The smallest absolute Gasteiger partial charge is 0.125 e. The van der Waals surface area contributed by atoms with Crippen molar-refractivity contribution < 1.29 is 0 Å². The highest BCUT2D eigenvalue weighted by molar-refractivity contribution is 9.10. The van der Waals surface area contributed by atoms with Crippen LogP contribution >= 0.6 is 15.9 Å².